The van der Waals surface area contributed by atoms with E-state index in [-0.39, 0.29) is 33.5 Å². The van der Waals surface area contributed by atoms with Gasteiger partial charge in [0.15, 0.2) is 0 Å². The van der Waals surface area contributed by atoms with Crippen LogP contribution in [0.25, 0.3) is 0 Å². The van der Waals surface area contributed by atoms with Gasteiger partial charge in [-0.2, -0.15) is 0 Å². The number of guanidine groups is 1. The normalized spacial score (nSPS) is 20.8. The number of carbonyl (C=O) groups is 1. The van der Waals surface area contributed by atoms with Gasteiger partial charge in [-0.1, -0.05) is 48.0 Å². The fourth-order valence-electron chi connectivity index (χ4n) is 3.21. The lowest BCUT2D eigenvalue weighted by Gasteiger charge is -2.33. The molecule has 0 spiro atoms. The maximum Gasteiger partial charge on any atom is 0.265 e. The minimum Gasteiger partial charge on any atom is -0.277 e. The Morgan fingerprint density at radius 2 is 2.00 bits per heavy atom. The third-order valence-corrected chi connectivity index (χ3v) is 8.17. The van der Waals surface area contributed by atoms with Crippen LogP contribution in [0.15, 0.2) is 68.7 Å². The van der Waals surface area contributed by atoms with E-state index in [2.05, 4.69) is 22.3 Å². The Morgan fingerprint density at radius 3 is 2.73 bits per heavy atom. The third-order valence-electron chi connectivity index (χ3n) is 4.79. The number of nitrogens with zero attached hydrogens (tertiary/aromatic N) is 2. The van der Waals surface area contributed by atoms with Gasteiger partial charge in [0.1, 0.15) is 10.1 Å². The van der Waals surface area contributed by atoms with Crippen LogP contribution >= 0.6 is 36.0 Å². The fraction of sp³-hybridized carbons (Fsp3) is 0.200. The SMILES string of the molecule is Cc1cc(S(=O)(=O)NC2=NC3C=CSC3C(=O)N2Cc2ccccc2)c(S)cc1Cl. The molecule has 2 unspecified atom stereocenters. The van der Waals surface area contributed by atoms with Gasteiger partial charge in [0.25, 0.3) is 10.0 Å². The molecule has 0 aromatic heterocycles. The molecule has 2 aliphatic heterocycles. The minimum absolute atomic E-state index is 0.00223. The molecule has 2 atom stereocenters. The van der Waals surface area contributed by atoms with E-state index < -0.39 is 16.1 Å². The number of halogens is 1. The molecule has 10 heteroatoms. The number of hydrogen-bond acceptors (Lipinski definition) is 6. The van der Waals surface area contributed by atoms with E-state index in [1.54, 1.807) is 13.0 Å². The number of nitrogens with one attached hydrogen (secondary N) is 1. The predicted octanol–water partition coefficient (Wildman–Crippen LogP) is 3.61. The number of carbonyl (C=O) groups excluding carboxylic acids is 1. The largest absolute Gasteiger partial charge is 0.277 e. The van der Waals surface area contributed by atoms with Crippen LogP contribution in [0.5, 0.6) is 0 Å². The summed E-state index contributed by atoms with van der Waals surface area (Å²) in [4.78, 5) is 19.2. The third kappa shape index (κ3) is 4.12. The highest BCUT2D eigenvalue weighted by molar-refractivity contribution is 8.03. The van der Waals surface area contributed by atoms with Crippen molar-refractivity contribution in [1.29, 1.82) is 0 Å². The summed E-state index contributed by atoms with van der Waals surface area (Å²) >= 11 is 11.7. The molecule has 0 saturated carbocycles. The molecular formula is C20H18ClN3O3S3. The number of amides is 1. The molecule has 1 N–H and O–H groups in total. The topological polar surface area (TPSA) is 78.8 Å². The maximum absolute atomic E-state index is 13.1. The second-order valence-electron chi connectivity index (χ2n) is 6.91. The van der Waals surface area contributed by atoms with Gasteiger partial charge in [-0.25, -0.2) is 18.1 Å². The molecule has 156 valence electrons. The average Bonchev–Trinajstić information content (AvgIpc) is 3.17. The first kappa shape index (κ1) is 21.3. The summed E-state index contributed by atoms with van der Waals surface area (Å²) in [6.07, 6.45) is 1.80. The Kier molecular flexibility index (Phi) is 5.89. The number of thiol groups is 1. The predicted molar refractivity (Wildman–Crippen MR) is 122 cm³/mol. The lowest BCUT2D eigenvalue weighted by molar-refractivity contribution is -0.128. The van der Waals surface area contributed by atoms with Crippen LogP contribution in [-0.2, 0) is 21.4 Å². The molecule has 2 aromatic rings. The molecule has 0 aliphatic carbocycles. The first-order valence-electron chi connectivity index (χ1n) is 9.03. The highest BCUT2D eigenvalue weighted by atomic mass is 35.5. The first-order valence-corrected chi connectivity index (χ1v) is 12.3. The van der Waals surface area contributed by atoms with Crippen LogP contribution in [0.3, 0.4) is 0 Å². The van der Waals surface area contributed by atoms with Gasteiger partial charge in [-0.15, -0.1) is 24.4 Å². The highest BCUT2D eigenvalue weighted by Gasteiger charge is 2.41. The molecule has 2 heterocycles. The number of aryl methyl sites for hydroxylation is 1. The van der Waals surface area contributed by atoms with Gasteiger partial charge in [0, 0.05) is 9.92 Å². The molecule has 0 bridgehead atoms. The van der Waals surface area contributed by atoms with Crippen molar-refractivity contribution in [2.45, 2.75) is 34.6 Å². The Balaban J connectivity index is 1.71. The molecule has 1 amide bonds. The van der Waals surface area contributed by atoms with Gasteiger partial charge in [0.05, 0.1) is 12.6 Å². The number of aliphatic imine (C=N–C) groups is 1. The smallest absolute Gasteiger partial charge is 0.265 e. The Hall–Kier alpha value is -1.94. The van der Waals surface area contributed by atoms with Crippen molar-refractivity contribution in [3.63, 3.8) is 0 Å². The van der Waals surface area contributed by atoms with E-state index >= 15 is 0 Å². The van der Waals surface area contributed by atoms with Gasteiger partial charge < -0.3 is 0 Å². The van der Waals surface area contributed by atoms with Crippen molar-refractivity contribution in [2.75, 3.05) is 0 Å². The first-order chi connectivity index (χ1) is 14.3. The zero-order chi connectivity index (χ0) is 21.5. The van der Waals surface area contributed by atoms with Crippen LogP contribution in [0.2, 0.25) is 5.02 Å². The molecule has 4 rings (SSSR count). The summed E-state index contributed by atoms with van der Waals surface area (Å²) in [5.74, 6) is -0.192. The number of fused-ring (bicyclic) bond motifs is 1. The van der Waals surface area contributed by atoms with E-state index in [1.165, 1.54) is 28.8 Å². The number of sulfonamides is 1. The van der Waals surface area contributed by atoms with Gasteiger partial charge in [-0.05, 0) is 35.6 Å². The lowest BCUT2D eigenvalue weighted by atomic mass is 10.1. The van der Waals surface area contributed by atoms with E-state index in [9.17, 15) is 13.2 Å². The summed E-state index contributed by atoms with van der Waals surface area (Å²) in [7, 11) is -4.05. The van der Waals surface area contributed by atoms with Crippen molar-refractivity contribution in [3.8, 4) is 0 Å². The highest BCUT2D eigenvalue weighted by Crippen LogP contribution is 2.33. The minimum atomic E-state index is -4.05. The Bertz CT molecular complexity index is 1170. The van der Waals surface area contributed by atoms with Crippen molar-refractivity contribution in [3.05, 3.63) is 70.1 Å². The van der Waals surface area contributed by atoms with Crippen LogP contribution in [-0.4, -0.2) is 36.5 Å². The number of rotatable bonds is 4. The number of hydrogen-bond donors (Lipinski definition) is 2. The molecule has 0 saturated heterocycles. The molecular weight excluding hydrogens is 462 g/mol. The summed E-state index contributed by atoms with van der Waals surface area (Å²) in [6, 6.07) is 11.9. The summed E-state index contributed by atoms with van der Waals surface area (Å²) < 4.78 is 28.8. The molecule has 2 aromatic carbocycles. The van der Waals surface area contributed by atoms with Gasteiger partial charge in [-0.3, -0.25) is 9.69 Å². The van der Waals surface area contributed by atoms with Crippen LogP contribution in [0.1, 0.15) is 11.1 Å². The monoisotopic (exact) mass is 479 g/mol. The number of thioether (sulfide) groups is 1. The second-order valence-corrected chi connectivity index (χ2v) is 10.5. The van der Waals surface area contributed by atoms with E-state index in [1.807, 2.05) is 35.7 Å². The Morgan fingerprint density at radius 1 is 1.27 bits per heavy atom. The van der Waals surface area contributed by atoms with Gasteiger partial charge >= 0.3 is 0 Å². The average molecular weight is 480 g/mol. The van der Waals surface area contributed by atoms with Crippen LogP contribution in [0, 0.1) is 6.92 Å². The fourth-order valence-corrected chi connectivity index (χ4v) is 6.16. The quantitative estimate of drug-likeness (QED) is 0.656. The van der Waals surface area contributed by atoms with Crippen molar-refractivity contribution >= 4 is 57.9 Å². The van der Waals surface area contributed by atoms with Crippen molar-refractivity contribution in [1.82, 2.24) is 9.62 Å². The summed E-state index contributed by atoms with van der Waals surface area (Å²) in [5, 5.41) is 1.86. The van der Waals surface area contributed by atoms with Crippen LogP contribution < -0.4 is 4.72 Å². The Labute approximate surface area is 189 Å². The lowest BCUT2D eigenvalue weighted by Crippen LogP contribution is -2.54. The standard InChI is InChI=1S/C20H18ClN3O3S3/c1-12-9-17(16(28)10-14(12)21)30(26,27)23-20-22-15-7-8-29-18(15)19(25)24(20)11-13-5-3-2-4-6-13/h2-10,15,18,28H,11H2,1H3,(H,22,23). The van der Waals surface area contributed by atoms with E-state index in [0.29, 0.717) is 10.6 Å². The van der Waals surface area contributed by atoms with E-state index in [0.717, 1.165) is 5.56 Å². The molecule has 30 heavy (non-hydrogen) atoms. The molecule has 6 nitrogen and oxygen atoms in total. The maximum atomic E-state index is 13.1. The van der Waals surface area contributed by atoms with Gasteiger partial charge in [0.2, 0.25) is 11.9 Å². The van der Waals surface area contributed by atoms with E-state index in [4.69, 9.17) is 11.6 Å². The zero-order valence-electron chi connectivity index (χ0n) is 15.8. The summed E-state index contributed by atoms with van der Waals surface area (Å²) in [5.41, 5.74) is 1.47. The number of benzene rings is 2. The second kappa shape index (κ2) is 8.30. The molecule has 0 radical (unpaired) electrons. The van der Waals surface area contributed by atoms with Crippen LogP contribution in [0.4, 0.5) is 0 Å². The molecule has 2 aliphatic rings. The van der Waals surface area contributed by atoms with Crippen molar-refractivity contribution in [2.24, 2.45) is 4.99 Å². The summed E-state index contributed by atoms with van der Waals surface area (Å²) in [6.45, 7) is 1.92. The molecule has 0 fully saturated rings. The van der Waals surface area contributed by atoms with Crippen molar-refractivity contribution < 1.29 is 13.2 Å². The zero-order valence-corrected chi connectivity index (χ0v) is 19.1.